The molecule has 0 spiro atoms. The van der Waals surface area contributed by atoms with Crippen molar-refractivity contribution in [3.63, 3.8) is 0 Å². The van der Waals surface area contributed by atoms with E-state index in [0.29, 0.717) is 23.2 Å². The highest BCUT2D eigenvalue weighted by atomic mass is 35.5. The lowest BCUT2D eigenvalue weighted by Crippen LogP contribution is -2.30. The molecular formula is C15H16ClN3OS. The van der Waals surface area contributed by atoms with Gasteiger partial charge in [-0.3, -0.25) is 4.79 Å². The van der Waals surface area contributed by atoms with Crippen LogP contribution in [-0.4, -0.2) is 35.4 Å². The summed E-state index contributed by atoms with van der Waals surface area (Å²) in [7, 11) is 0. The molecule has 1 saturated heterocycles. The molecule has 21 heavy (non-hydrogen) atoms. The zero-order valence-corrected chi connectivity index (χ0v) is 13.0. The van der Waals surface area contributed by atoms with Crippen molar-refractivity contribution < 1.29 is 4.79 Å². The number of amides is 1. The summed E-state index contributed by atoms with van der Waals surface area (Å²) in [6, 6.07) is 7.48. The molecule has 1 aliphatic rings. The van der Waals surface area contributed by atoms with Gasteiger partial charge < -0.3 is 10.6 Å². The normalized spacial score (nSPS) is 18.2. The summed E-state index contributed by atoms with van der Waals surface area (Å²) in [5, 5.41) is 3.35. The van der Waals surface area contributed by atoms with E-state index in [1.807, 2.05) is 34.5 Å². The van der Waals surface area contributed by atoms with E-state index >= 15 is 0 Å². The minimum Gasteiger partial charge on any atom is -0.337 e. The number of thiazole rings is 1. The van der Waals surface area contributed by atoms with Gasteiger partial charge in [0.25, 0.3) is 5.91 Å². The Balaban J connectivity index is 1.75. The Kier molecular flexibility index (Phi) is 4.24. The molecule has 2 heterocycles. The Bertz CT molecular complexity index is 641. The highest BCUT2D eigenvalue weighted by molar-refractivity contribution is 7.13. The maximum Gasteiger partial charge on any atom is 0.273 e. The van der Waals surface area contributed by atoms with Crippen LogP contribution in [0.5, 0.6) is 0 Å². The molecule has 1 aromatic carbocycles. The van der Waals surface area contributed by atoms with Crippen molar-refractivity contribution in [2.45, 2.75) is 6.42 Å². The van der Waals surface area contributed by atoms with Crippen LogP contribution in [0.3, 0.4) is 0 Å². The lowest BCUT2D eigenvalue weighted by atomic mass is 10.1. The average Bonchev–Trinajstić information content (AvgIpc) is 3.16. The molecule has 2 N–H and O–H groups in total. The van der Waals surface area contributed by atoms with Crippen LogP contribution in [0.4, 0.5) is 0 Å². The molecule has 0 saturated carbocycles. The highest BCUT2D eigenvalue weighted by Crippen LogP contribution is 2.26. The molecule has 4 nitrogen and oxygen atoms in total. The van der Waals surface area contributed by atoms with E-state index in [4.69, 9.17) is 17.3 Å². The summed E-state index contributed by atoms with van der Waals surface area (Å²) in [5.41, 5.74) is 7.16. The van der Waals surface area contributed by atoms with Gasteiger partial charge in [0.1, 0.15) is 10.7 Å². The monoisotopic (exact) mass is 321 g/mol. The Morgan fingerprint density at radius 1 is 1.43 bits per heavy atom. The predicted octanol–water partition coefficient (Wildman–Crippen LogP) is 2.88. The fourth-order valence-electron chi connectivity index (χ4n) is 2.47. The van der Waals surface area contributed by atoms with Crippen LogP contribution in [0, 0.1) is 5.92 Å². The molecule has 1 aromatic heterocycles. The maximum absolute atomic E-state index is 12.4. The van der Waals surface area contributed by atoms with Crippen molar-refractivity contribution in [2.24, 2.45) is 11.7 Å². The molecule has 0 bridgehead atoms. The molecule has 1 aliphatic heterocycles. The number of likely N-dealkylation sites (tertiary alicyclic amines) is 1. The third-order valence-electron chi connectivity index (χ3n) is 3.72. The molecule has 1 fully saturated rings. The Morgan fingerprint density at radius 2 is 2.19 bits per heavy atom. The molecule has 2 aromatic rings. The van der Waals surface area contributed by atoms with E-state index < -0.39 is 0 Å². The second kappa shape index (κ2) is 6.13. The fraction of sp³-hybridized carbons (Fsp3) is 0.333. The van der Waals surface area contributed by atoms with Gasteiger partial charge >= 0.3 is 0 Å². The van der Waals surface area contributed by atoms with Gasteiger partial charge in [-0.1, -0.05) is 23.7 Å². The molecule has 1 unspecified atom stereocenters. The van der Waals surface area contributed by atoms with E-state index in [9.17, 15) is 4.79 Å². The molecule has 0 radical (unpaired) electrons. The number of carbonyl (C=O) groups excluding carboxylic acids is 1. The van der Waals surface area contributed by atoms with Crippen LogP contribution in [0.25, 0.3) is 10.6 Å². The van der Waals surface area contributed by atoms with Crippen molar-refractivity contribution in [2.75, 3.05) is 19.6 Å². The topological polar surface area (TPSA) is 59.2 Å². The standard InChI is InChI=1S/C15H16ClN3OS/c16-12-3-1-11(2-4-12)14-18-13(9-21-14)15(20)19-6-5-10(7-17)8-19/h1-4,9-10H,5-8,17H2. The van der Waals surface area contributed by atoms with E-state index in [2.05, 4.69) is 4.98 Å². The van der Waals surface area contributed by atoms with E-state index in [1.54, 1.807) is 0 Å². The van der Waals surface area contributed by atoms with Gasteiger partial charge in [-0.15, -0.1) is 11.3 Å². The van der Waals surface area contributed by atoms with Gasteiger partial charge in [-0.25, -0.2) is 4.98 Å². The lowest BCUT2D eigenvalue weighted by molar-refractivity contribution is 0.0783. The molecule has 0 aliphatic carbocycles. The summed E-state index contributed by atoms with van der Waals surface area (Å²) in [6.45, 7) is 2.15. The zero-order valence-electron chi connectivity index (χ0n) is 11.5. The number of aromatic nitrogens is 1. The second-order valence-corrected chi connectivity index (χ2v) is 6.48. The maximum atomic E-state index is 12.4. The molecule has 3 rings (SSSR count). The van der Waals surface area contributed by atoms with Gasteiger partial charge in [0.05, 0.1) is 0 Å². The first kappa shape index (κ1) is 14.5. The Hall–Kier alpha value is -1.43. The number of halogens is 1. The summed E-state index contributed by atoms with van der Waals surface area (Å²) in [4.78, 5) is 18.7. The van der Waals surface area contributed by atoms with Gasteiger partial charge in [-0.2, -0.15) is 0 Å². The van der Waals surface area contributed by atoms with Crippen molar-refractivity contribution in [3.05, 3.63) is 40.4 Å². The predicted molar refractivity (Wildman–Crippen MR) is 85.6 cm³/mol. The van der Waals surface area contributed by atoms with Crippen LogP contribution in [0.15, 0.2) is 29.6 Å². The molecular weight excluding hydrogens is 306 g/mol. The van der Waals surface area contributed by atoms with Crippen molar-refractivity contribution in [1.29, 1.82) is 0 Å². The number of rotatable bonds is 3. The zero-order chi connectivity index (χ0) is 14.8. The first-order valence-corrected chi connectivity index (χ1v) is 8.14. The van der Waals surface area contributed by atoms with Crippen molar-refractivity contribution >= 4 is 28.8 Å². The minimum atomic E-state index is 0.00223. The number of carbonyl (C=O) groups is 1. The van der Waals surface area contributed by atoms with Gasteiger partial charge in [0, 0.05) is 29.1 Å². The highest BCUT2D eigenvalue weighted by Gasteiger charge is 2.27. The van der Waals surface area contributed by atoms with Crippen LogP contribution in [0.1, 0.15) is 16.9 Å². The lowest BCUT2D eigenvalue weighted by Gasteiger charge is -2.14. The van der Waals surface area contributed by atoms with Crippen molar-refractivity contribution in [1.82, 2.24) is 9.88 Å². The molecule has 110 valence electrons. The van der Waals surface area contributed by atoms with Gasteiger partial charge in [-0.05, 0) is 31.0 Å². The number of nitrogens with two attached hydrogens (primary N) is 1. The van der Waals surface area contributed by atoms with Crippen LogP contribution >= 0.6 is 22.9 Å². The third kappa shape index (κ3) is 3.10. The average molecular weight is 322 g/mol. The fourth-order valence-corrected chi connectivity index (χ4v) is 3.39. The van der Waals surface area contributed by atoms with Crippen LogP contribution in [0.2, 0.25) is 5.02 Å². The van der Waals surface area contributed by atoms with Crippen LogP contribution in [-0.2, 0) is 0 Å². The van der Waals surface area contributed by atoms with E-state index in [-0.39, 0.29) is 5.91 Å². The summed E-state index contributed by atoms with van der Waals surface area (Å²) < 4.78 is 0. The largest absolute Gasteiger partial charge is 0.337 e. The Labute approximate surface area is 132 Å². The molecule has 1 amide bonds. The third-order valence-corrected chi connectivity index (χ3v) is 4.86. The van der Waals surface area contributed by atoms with Crippen LogP contribution < -0.4 is 5.73 Å². The number of benzene rings is 1. The summed E-state index contributed by atoms with van der Waals surface area (Å²) in [5.74, 6) is 0.422. The van der Waals surface area contributed by atoms with Gasteiger partial charge in [0.2, 0.25) is 0 Å². The smallest absolute Gasteiger partial charge is 0.273 e. The van der Waals surface area contributed by atoms with Gasteiger partial charge in [0.15, 0.2) is 0 Å². The number of hydrogen-bond acceptors (Lipinski definition) is 4. The SMILES string of the molecule is NCC1CCN(C(=O)c2csc(-c3ccc(Cl)cc3)n2)C1. The quantitative estimate of drug-likeness (QED) is 0.945. The minimum absolute atomic E-state index is 0.00223. The first-order valence-electron chi connectivity index (χ1n) is 6.88. The summed E-state index contributed by atoms with van der Waals surface area (Å²) in [6.07, 6.45) is 0.983. The Morgan fingerprint density at radius 3 is 2.86 bits per heavy atom. The first-order chi connectivity index (χ1) is 10.2. The summed E-state index contributed by atoms with van der Waals surface area (Å²) >= 11 is 7.36. The number of nitrogens with zero attached hydrogens (tertiary/aromatic N) is 2. The number of hydrogen-bond donors (Lipinski definition) is 1. The molecule has 6 heteroatoms. The molecule has 1 atom stereocenters. The van der Waals surface area contributed by atoms with E-state index in [1.165, 1.54) is 11.3 Å². The second-order valence-electron chi connectivity index (χ2n) is 5.19. The van der Waals surface area contributed by atoms with E-state index in [0.717, 1.165) is 30.1 Å². The van der Waals surface area contributed by atoms with Crippen molar-refractivity contribution in [3.8, 4) is 10.6 Å².